The van der Waals surface area contributed by atoms with E-state index in [0.717, 1.165) is 35.7 Å². The van der Waals surface area contributed by atoms with Crippen LogP contribution in [0.2, 0.25) is 0 Å². The first-order valence-electron chi connectivity index (χ1n) is 11.4. The molecule has 32 heavy (non-hydrogen) atoms. The summed E-state index contributed by atoms with van der Waals surface area (Å²) in [7, 11) is 3.52. The van der Waals surface area contributed by atoms with Gasteiger partial charge in [-0.15, -0.1) is 0 Å². The lowest BCUT2D eigenvalue weighted by atomic mass is 9.80. The quantitative estimate of drug-likeness (QED) is 0.647. The highest BCUT2D eigenvalue weighted by Crippen LogP contribution is 2.43. The van der Waals surface area contributed by atoms with Gasteiger partial charge >= 0.3 is 12.2 Å². The Morgan fingerprint density at radius 2 is 1.81 bits per heavy atom. The predicted octanol–water partition coefficient (Wildman–Crippen LogP) is 4.98. The van der Waals surface area contributed by atoms with E-state index in [4.69, 9.17) is 5.10 Å². The zero-order valence-corrected chi connectivity index (χ0v) is 19.2. The minimum Gasteiger partial charge on any atom is -0.331 e. The largest absolute Gasteiger partial charge is 0.391 e. The van der Waals surface area contributed by atoms with Crippen molar-refractivity contribution in [3.8, 4) is 0 Å². The van der Waals surface area contributed by atoms with Crippen molar-refractivity contribution < 1.29 is 18.0 Å². The molecule has 2 fully saturated rings. The number of hydrogen-bond acceptors (Lipinski definition) is 3. The van der Waals surface area contributed by atoms with Gasteiger partial charge in [-0.2, -0.15) is 18.3 Å². The fraction of sp³-hybridized carbons (Fsp3) is 0.696. The molecule has 4 rings (SSSR count). The van der Waals surface area contributed by atoms with Gasteiger partial charge in [-0.25, -0.2) is 14.3 Å². The molecule has 2 aromatic heterocycles. The van der Waals surface area contributed by atoms with Gasteiger partial charge in [0.15, 0.2) is 5.65 Å². The monoisotopic (exact) mass is 451 g/mol. The molecule has 0 bridgehead atoms. The van der Waals surface area contributed by atoms with Crippen LogP contribution in [0.4, 0.5) is 18.0 Å². The van der Waals surface area contributed by atoms with E-state index in [-0.39, 0.29) is 30.7 Å². The number of urea groups is 1. The fourth-order valence-electron chi connectivity index (χ4n) is 5.24. The van der Waals surface area contributed by atoms with Crippen molar-refractivity contribution in [3.05, 3.63) is 29.2 Å². The molecule has 0 spiro atoms. The summed E-state index contributed by atoms with van der Waals surface area (Å²) in [5.41, 5.74) is 3.46. The van der Waals surface area contributed by atoms with Crippen molar-refractivity contribution in [2.75, 3.05) is 27.2 Å². The van der Waals surface area contributed by atoms with Gasteiger partial charge in [-0.3, -0.25) is 0 Å². The minimum absolute atomic E-state index is 0.00602. The summed E-state index contributed by atoms with van der Waals surface area (Å²) < 4.78 is 41.0. The van der Waals surface area contributed by atoms with Crippen molar-refractivity contribution in [3.63, 3.8) is 0 Å². The van der Waals surface area contributed by atoms with Gasteiger partial charge in [0.1, 0.15) is 0 Å². The molecule has 9 heteroatoms. The first-order valence-corrected chi connectivity index (χ1v) is 11.4. The molecule has 2 amide bonds. The Hall–Kier alpha value is -2.32. The molecule has 0 aromatic carbocycles. The Labute approximate surface area is 186 Å². The molecule has 0 unspecified atom stereocenters. The number of carbonyl (C=O) groups excluding carboxylic acids is 1. The number of alkyl halides is 3. The molecule has 176 valence electrons. The number of hydrogen-bond donors (Lipinski definition) is 0. The number of halogens is 3. The average Bonchev–Trinajstić information content (AvgIpc) is 3.16. The number of amides is 2. The van der Waals surface area contributed by atoms with Crippen LogP contribution in [-0.4, -0.2) is 63.8 Å². The second-order valence-electron chi connectivity index (χ2n) is 9.75. The molecule has 1 saturated heterocycles. The maximum Gasteiger partial charge on any atom is 0.391 e. The Balaban J connectivity index is 1.62. The van der Waals surface area contributed by atoms with Crippen LogP contribution in [0.3, 0.4) is 0 Å². The SMILES string of the molecule is Cc1cc([C@@H]2CN(C(=O)N(C)C)CC[C@H]2C)n2nc([C@H]3CC[C@H](C(F)(F)F)CC3)cc2n1. The summed E-state index contributed by atoms with van der Waals surface area (Å²) >= 11 is 0. The molecule has 0 N–H and O–H groups in total. The van der Waals surface area contributed by atoms with Gasteiger partial charge in [0.25, 0.3) is 0 Å². The molecule has 2 aliphatic rings. The maximum atomic E-state index is 13.1. The topological polar surface area (TPSA) is 53.7 Å². The average molecular weight is 452 g/mol. The second-order valence-corrected chi connectivity index (χ2v) is 9.75. The van der Waals surface area contributed by atoms with E-state index in [1.807, 2.05) is 28.5 Å². The molecule has 3 heterocycles. The van der Waals surface area contributed by atoms with Gasteiger partial charge in [0.05, 0.1) is 17.3 Å². The Bertz CT molecular complexity index is 978. The first kappa shape index (κ1) is 22.9. The van der Waals surface area contributed by atoms with Crippen LogP contribution in [0.1, 0.15) is 67.9 Å². The Kier molecular flexibility index (Phi) is 6.11. The normalized spacial score (nSPS) is 27.0. The standard InChI is InChI=1S/C23H32F3N5O/c1-14-9-10-30(22(32)29(3)4)13-18(14)20-11-15(2)27-21-12-19(28-31(20)21)16-5-7-17(8-6-16)23(24,25)26/h11-12,14,16-18H,5-10,13H2,1-4H3/t14-,16-,17-,18-/m1/s1. The summed E-state index contributed by atoms with van der Waals surface area (Å²) in [6.07, 6.45) is -1.91. The van der Waals surface area contributed by atoms with Crippen LogP contribution in [0.15, 0.2) is 12.1 Å². The third kappa shape index (κ3) is 4.43. The molecule has 1 aliphatic carbocycles. The summed E-state index contributed by atoms with van der Waals surface area (Å²) in [6, 6.07) is 3.98. The zero-order valence-electron chi connectivity index (χ0n) is 19.2. The highest BCUT2D eigenvalue weighted by molar-refractivity contribution is 5.74. The number of aryl methyl sites for hydroxylation is 1. The second kappa shape index (κ2) is 8.56. The predicted molar refractivity (Wildman–Crippen MR) is 116 cm³/mol. The molecular weight excluding hydrogens is 419 g/mol. The fourth-order valence-corrected chi connectivity index (χ4v) is 5.24. The van der Waals surface area contributed by atoms with Crippen molar-refractivity contribution in [2.45, 2.75) is 64.0 Å². The maximum absolute atomic E-state index is 13.1. The highest BCUT2D eigenvalue weighted by Gasteiger charge is 2.42. The summed E-state index contributed by atoms with van der Waals surface area (Å²) in [6.45, 7) is 5.49. The lowest BCUT2D eigenvalue weighted by Gasteiger charge is -2.38. The molecule has 0 radical (unpaired) electrons. The number of aromatic nitrogens is 3. The number of fused-ring (bicyclic) bond motifs is 1. The number of likely N-dealkylation sites (tertiary alicyclic amines) is 1. The van der Waals surface area contributed by atoms with Gasteiger partial charge in [0.2, 0.25) is 0 Å². The number of nitrogens with zero attached hydrogens (tertiary/aromatic N) is 5. The Morgan fingerprint density at radius 1 is 1.12 bits per heavy atom. The third-order valence-corrected chi connectivity index (χ3v) is 7.20. The highest BCUT2D eigenvalue weighted by atomic mass is 19.4. The van der Waals surface area contributed by atoms with E-state index in [1.54, 1.807) is 19.0 Å². The molecule has 6 nitrogen and oxygen atoms in total. The van der Waals surface area contributed by atoms with Crippen LogP contribution in [-0.2, 0) is 0 Å². The van der Waals surface area contributed by atoms with Crippen LogP contribution in [0.25, 0.3) is 5.65 Å². The van der Waals surface area contributed by atoms with E-state index >= 15 is 0 Å². The summed E-state index contributed by atoms with van der Waals surface area (Å²) in [5, 5.41) is 4.84. The molecule has 2 aromatic rings. The van der Waals surface area contributed by atoms with Crippen molar-refractivity contribution >= 4 is 11.7 Å². The van der Waals surface area contributed by atoms with E-state index in [9.17, 15) is 18.0 Å². The Morgan fingerprint density at radius 3 is 2.44 bits per heavy atom. The lowest BCUT2D eigenvalue weighted by Crippen LogP contribution is -2.46. The number of rotatable bonds is 2. The van der Waals surface area contributed by atoms with E-state index in [1.165, 1.54) is 0 Å². The number of carbonyl (C=O) groups is 1. The summed E-state index contributed by atoms with van der Waals surface area (Å²) in [5.74, 6) is -0.680. The van der Waals surface area contributed by atoms with Crippen molar-refractivity contribution in [1.29, 1.82) is 0 Å². The first-order chi connectivity index (χ1) is 15.0. The van der Waals surface area contributed by atoms with Crippen LogP contribution < -0.4 is 0 Å². The molecule has 2 atom stereocenters. The van der Waals surface area contributed by atoms with E-state index < -0.39 is 12.1 Å². The van der Waals surface area contributed by atoms with E-state index in [2.05, 4.69) is 11.9 Å². The molecule has 1 saturated carbocycles. The van der Waals surface area contributed by atoms with Gasteiger partial charge in [-0.05, 0) is 51.0 Å². The lowest BCUT2D eigenvalue weighted by molar-refractivity contribution is -0.182. The number of piperidine rings is 1. The van der Waals surface area contributed by atoms with Crippen molar-refractivity contribution in [1.82, 2.24) is 24.4 Å². The third-order valence-electron chi connectivity index (χ3n) is 7.20. The molecule has 1 aliphatic heterocycles. The molecular formula is C23H32F3N5O. The van der Waals surface area contributed by atoms with Crippen LogP contribution >= 0.6 is 0 Å². The van der Waals surface area contributed by atoms with Gasteiger partial charge in [0, 0.05) is 50.8 Å². The van der Waals surface area contributed by atoms with Crippen molar-refractivity contribution in [2.24, 2.45) is 11.8 Å². The zero-order chi connectivity index (χ0) is 23.2. The van der Waals surface area contributed by atoms with Gasteiger partial charge in [-0.1, -0.05) is 6.92 Å². The van der Waals surface area contributed by atoms with Crippen LogP contribution in [0.5, 0.6) is 0 Å². The van der Waals surface area contributed by atoms with Crippen LogP contribution in [0, 0.1) is 18.8 Å². The summed E-state index contributed by atoms with van der Waals surface area (Å²) in [4.78, 5) is 20.7. The van der Waals surface area contributed by atoms with Gasteiger partial charge < -0.3 is 9.80 Å². The minimum atomic E-state index is -4.11. The smallest absolute Gasteiger partial charge is 0.331 e. The van der Waals surface area contributed by atoms with E-state index in [0.29, 0.717) is 25.3 Å².